The highest BCUT2D eigenvalue weighted by Gasteiger charge is 2.36. The molecule has 0 saturated heterocycles. The molecular weight excluding hydrogens is 236 g/mol. The summed E-state index contributed by atoms with van der Waals surface area (Å²) in [4.78, 5) is 6.94. The van der Waals surface area contributed by atoms with Gasteiger partial charge in [0.15, 0.2) is 5.96 Å². The Morgan fingerprint density at radius 1 is 1.47 bits per heavy atom. The van der Waals surface area contributed by atoms with Gasteiger partial charge in [-0.1, -0.05) is 33.1 Å². The van der Waals surface area contributed by atoms with Crippen molar-refractivity contribution >= 4 is 5.96 Å². The summed E-state index contributed by atoms with van der Waals surface area (Å²) in [6.45, 7) is 6.27. The van der Waals surface area contributed by atoms with Crippen LogP contribution in [0.15, 0.2) is 4.99 Å². The maximum atomic E-state index is 5.95. The van der Waals surface area contributed by atoms with E-state index in [2.05, 4.69) is 43.2 Å². The molecule has 0 aromatic heterocycles. The number of hydrogen-bond donors (Lipinski definition) is 2. The fraction of sp³-hybridized carbons (Fsp3) is 0.933. The van der Waals surface area contributed by atoms with Crippen LogP contribution in [0, 0.1) is 5.92 Å². The topological polar surface area (TPSA) is 53.6 Å². The average Bonchev–Trinajstić information content (AvgIpc) is 2.36. The van der Waals surface area contributed by atoms with E-state index < -0.39 is 0 Å². The minimum atomic E-state index is 0.203. The molecule has 1 saturated carbocycles. The van der Waals surface area contributed by atoms with Crippen LogP contribution in [0.2, 0.25) is 0 Å². The van der Waals surface area contributed by atoms with E-state index in [4.69, 9.17) is 5.73 Å². The Kier molecular flexibility index (Phi) is 6.63. The molecule has 2 unspecified atom stereocenters. The molecule has 19 heavy (non-hydrogen) atoms. The van der Waals surface area contributed by atoms with Gasteiger partial charge in [-0.3, -0.25) is 4.99 Å². The van der Waals surface area contributed by atoms with E-state index in [9.17, 15) is 0 Å². The summed E-state index contributed by atoms with van der Waals surface area (Å²) in [6.07, 6.45) is 7.44. The number of hydrogen-bond acceptors (Lipinski definition) is 2. The first-order chi connectivity index (χ1) is 9.00. The van der Waals surface area contributed by atoms with Crippen molar-refractivity contribution in [3.05, 3.63) is 0 Å². The highest BCUT2D eigenvalue weighted by atomic mass is 15.2. The number of unbranched alkanes of at least 4 members (excludes halogenated alkanes) is 1. The van der Waals surface area contributed by atoms with E-state index in [1.54, 1.807) is 0 Å². The third-order valence-corrected chi connectivity index (χ3v) is 4.40. The van der Waals surface area contributed by atoms with Crippen molar-refractivity contribution in [2.45, 2.75) is 57.9 Å². The first-order valence-electron chi connectivity index (χ1n) is 7.71. The van der Waals surface area contributed by atoms with E-state index >= 15 is 0 Å². The van der Waals surface area contributed by atoms with Crippen LogP contribution in [0.4, 0.5) is 0 Å². The molecule has 1 rings (SSSR count). The Morgan fingerprint density at radius 3 is 2.79 bits per heavy atom. The van der Waals surface area contributed by atoms with Crippen LogP contribution in [0.5, 0.6) is 0 Å². The van der Waals surface area contributed by atoms with Gasteiger partial charge in [0.1, 0.15) is 0 Å². The van der Waals surface area contributed by atoms with Crippen molar-refractivity contribution in [1.29, 1.82) is 0 Å². The van der Waals surface area contributed by atoms with Gasteiger partial charge < -0.3 is 16.0 Å². The molecule has 0 aromatic carbocycles. The van der Waals surface area contributed by atoms with Gasteiger partial charge in [-0.2, -0.15) is 0 Å². The van der Waals surface area contributed by atoms with Gasteiger partial charge in [-0.15, -0.1) is 0 Å². The summed E-state index contributed by atoms with van der Waals surface area (Å²) in [5, 5.41) is 3.20. The number of rotatable bonds is 6. The van der Waals surface area contributed by atoms with Crippen molar-refractivity contribution in [2.75, 3.05) is 27.2 Å². The molecule has 4 nitrogen and oxygen atoms in total. The summed E-state index contributed by atoms with van der Waals surface area (Å²) in [7, 11) is 4.35. The molecular formula is C15H32N4. The summed E-state index contributed by atoms with van der Waals surface area (Å²) in [5.41, 5.74) is 6.15. The summed E-state index contributed by atoms with van der Waals surface area (Å²) in [6, 6.07) is 0. The molecule has 4 heteroatoms. The van der Waals surface area contributed by atoms with Crippen molar-refractivity contribution in [1.82, 2.24) is 10.2 Å². The monoisotopic (exact) mass is 268 g/mol. The maximum Gasteiger partial charge on any atom is 0.188 e. The highest BCUT2D eigenvalue weighted by molar-refractivity contribution is 5.77. The number of nitrogens with zero attached hydrogens (tertiary/aromatic N) is 2. The van der Waals surface area contributed by atoms with Crippen LogP contribution in [0.25, 0.3) is 0 Å². The van der Waals surface area contributed by atoms with Crippen LogP contribution in [-0.2, 0) is 0 Å². The molecule has 0 spiro atoms. The molecule has 112 valence electrons. The van der Waals surface area contributed by atoms with Crippen molar-refractivity contribution in [2.24, 2.45) is 16.6 Å². The summed E-state index contributed by atoms with van der Waals surface area (Å²) in [5.74, 6) is 1.40. The first kappa shape index (κ1) is 16.3. The lowest BCUT2D eigenvalue weighted by Crippen LogP contribution is -2.50. The predicted octanol–water partition coefficient (Wildman–Crippen LogP) is 2.20. The molecule has 1 aliphatic rings. The van der Waals surface area contributed by atoms with Crippen LogP contribution in [-0.4, -0.2) is 43.6 Å². The van der Waals surface area contributed by atoms with Crippen molar-refractivity contribution in [3.8, 4) is 0 Å². The fourth-order valence-corrected chi connectivity index (χ4v) is 3.01. The number of nitrogens with one attached hydrogen (secondary N) is 1. The Labute approximate surface area is 118 Å². The molecule has 2 atom stereocenters. The van der Waals surface area contributed by atoms with Crippen molar-refractivity contribution in [3.63, 3.8) is 0 Å². The lowest BCUT2D eigenvalue weighted by atomic mass is 9.75. The molecule has 0 heterocycles. The van der Waals surface area contributed by atoms with Crippen LogP contribution in [0.1, 0.15) is 52.4 Å². The first-order valence-corrected chi connectivity index (χ1v) is 7.71. The standard InChI is InChI=1S/C15H32N4/c1-5-6-10-17-14(16)18-12-15(19(3)4)9-7-8-13(2)11-15/h13H,5-12H2,1-4H3,(H3,16,17,18). The zero-order valence-corrected chi connectivity index (χ0v) is 13.2. The molecule has 0 amide bonds. The third kappa shape index (κ3) is 5.01. The van der Waals surface area contributed by atoms with E-state index in [1.807, 2.05) is 0 Å². The summed E-state index contributed by atoms with van der Waals surface area (Å²) < 4.78 is 0. The molecule has 0 radical (unpaired) electrons. The van der Waals surface area contributed by atoms with Crippen molar-refractivity contribution < 1.29 is 0 Å². The molecule has 1 fully saturated rings. The van der Waals surface area contributed by atoms with Crippen LogP contribution >= 0.6 is 0 Å². The molecule has 0 aliphatic heterocycles. The Bertz CT molecular complexity index is 288. The second kappa shape index (κ2) is 7.73. The van der Waals surface area contributed by atoms with Gasteiger partial charge >= 0.3 is 0 Å². The quantitative estimate of drug-likeness (QED) is 0.441. The van der Waals surface area contributed by atoms with E-state index in [1.165, 1.54) is 32.1 Å². The van der Waals surface area contributed by atoms with Gasteiger partial charge in [0.05, 0.1) is 6.54 Å². The molecule has 1 aliphatic carbocycles. The molecule has 0 aromatic rings. The van der Waals surface area contributed by atoms with Crippen LogP contribution < -0.4 is 11.1 Å². The van der Waals surface area contributed by atoms with E-state index in [-0.39, 0.29) is 5.54 Å². The van der Waals surface area contributed by atoms with Gasteiger partial charge in [0, 0.05) is 12.1 Å². The lowest BCUT2D eigenvalue weighted by Gasteiger charge is -2.44. The Morgan fingerprint density at radius 2 is 2.21 bits per heavy atom. The van der Waals surface area contributed by atoms with Crippen LogP contribution in [0.3, 0.4) is 0 Å². The Balaban J connectivity index is 2.56. The van der Waals surface area contributed by atoms with Gasteiger partial charge in [0.2, 0.25) is 0 Å². The van der Waals surface area contributed by atoms with Gasteiger partial charge in [0.25, 0.3) is 0 Å². The van der Waals surface area contributed by atoms with E-state index in [0.717, 1.165) is 25.4 Å². The van der Waals surface area contributed by atoms with Gasteiger partial charge in [-0.05, 0) is 39.3 Å². The minimum absolute atomic E-state index is 0.203. The number of guanidine groups is 1. The lowest BCUT2D eigenvalue weighted by molar-refractivity contribution is 0.0845. The average molecular weight is 268 g/mol. The zero-order chi connectivity index (χ0) is 14.3. The predicted molar refractivity (Wildman–Crippen MR) is 83.5 cm³/mol. The maximum absolute atomic E-state index is 5.95. The smallest absolute Gasteiger partial charge is 0.188 e. The normalized spacial score (nSPS) is 28.7. The zero-order valence-electron chi connectivity index (χ0n) is 13.2. The Hall–Kier alpha value is -0.770. The second-order valence-corrected chi connectivity index (χ2v) is 6.30. The largest absolute Gasteiger partial charge is 0.370 e. The fourth-order valence-electron chi connectivity index (χ4n) is 3.01. The number of likely N-dealkylation sites (N-methyl/N-ethyl adjacent to an activating group) is 1. The second-order valence-electron chi connectivity index (χ2n) is 6.30. The number of aliphatic imine (C=N–C) groups is 1. The summed E-state index contributed by atoms with van der Waals surface area (Å²) >= 11 is 0. The minimum Gasteiger partial charge on any atom is -0.370 e. The SMILES string of the molecule is CCCCNC(N)=NCC1(N(C)C)CCCC(C)C1. The molecule has 3 N–H and O–H groups in total. The highest BCUT2D eigenvalue weighted by Crippen LogP contribution is 2.35. The van der Waals surface area contributed by atoms with Gasteiger partial charge in [-0.25, -0.2) is 0 Å². The third-order valence-electron chi connectivity index (χ3n) is 4.40. The van der Waals surface area contributed by atoms with E-state index in [0.29, 0.717) is 5.96 Å². The number of nitrogens with two attached hydrogens (primary N) is 1. The molecule has 0 bridgehead atoms.